The van der Waals surface area contributed by atoms with Crippen LogP contribution in [0.2, 0.25) is 0 Å². The zero-order chi connectivity index (χ0) is 22.5. The fraction of sp³-hybridized carbons (Fsp3) is 0.350. The van der Waals surface area contributed by atoms with Crippen LogP contribution in [0.15, 0.2) is 41.3 Å². The average Bonchev–Trinajstić information content (AvgIpc) is 2.71. The third-order valence-electron chi connectivity index (χ3n) is 4.96. The van der Waals surface area contributed by atoms with Gasteiger partial charge in [-0.3, -0.25) is 14.8 Å². The molecule has 160 valence electrons. The molecular weight excluding hydrogens is 410 g/mol. The number of carbonyl (C=O) groups excluding carboxylic acids is 1. The van der Waals surface area contributed by atoms with Crippen LogP contribution in [0, 0.1) is 11.3 Å². The Hall–Kier alpha value is -3.16. The molecule has 0 saturated heterocycles. The molecule has 0 aliphatic carbocycles. The van der Waals surface area contributed by atoms with E-state index in [1.54, 1.807) is 24.3 Å². The molecule has 0 unspecified atom stereocenters. The number of sulfone groups is 1. The number of amides is 1. The fourth-order valence-corrected chi connectivity index (χ4v) is 3.71. The van der Waals surface area contributed by atoms with Gasteiger partial charge in [-0.25, -0.2) is 13.9 Å². The van der Waals surface area contributed by atoms with Crippen LogP contribution in [0.3, 0.4) is 0 Å². The molecule has 0 radical (unpaired) electrons. The van der Waals surface area contributed by atoms with Gasteiger partial charge in [0.05, 0.1) is 12.2 Å². The molecule has 1 aromatic carbocycles. The summed E-state index contributed by atoms with van der Waals surface area (Å²) in [7, 11) is -3.86. The summed E-state index contributed by atoms with van der Waals surface area (Å²) in [4.78, 5) is 24.4. The van der Waals surface area contributed by atoms with Crippen molar-refractivity contribution in [2.45, 2.75) is 31.6 Å². The van der Waals surface area contributed by atoms with Gasteiger partial charge in [0.25, 0.3) is 11.5 Å². The maximum Gasteiger partial charge on any atom is 0.264 e. The van der Waals surface area contributed by atoms with Crippen molar-refractivity contribution in [1.82, 2.24) is 10.0 Å². The number of ether oxygens (including phenoxy) is 1. The number of hydrogen-bond donors (Lipinski definition) is 2. The standard InChI is InChI=1S/C20H23N3O6S/c1-4-29-17-6-5-14(11-16(17)13-21)15-7-9-23(18(24)12-15)10-8-20(2,19(25)22-26)30(3,27)28/h5-7,9,11-12,26H,4,8,10H2,1-3H3,(H,22,25)/t20-/m1/s1. The number of aromatic nitrogens is 1. The van der Waals surface area contributed by atoms with Gasteiger partial charge in [-0.15, -0.1) is 0 Å². The van der Waals surface area contributed by atoms with E-state index < -0.39 is 26.1 Å². The third-order valence-corrected chi connectivity index (χ3v) is 6.99. The minimum absolute atomic E-state index is 0.0528. The second-order valence-corrected chi connectivity index (χ2v) is 9.34. The summed E-state index contributed by atoms with van der Waals surface area (Å²) in [5, 5.41) is 18.2. The lowest BCUT2D eigenvalue weighted by Gasteiger charge is -2.25. The lowest BCUT2D eigenvalue weighted by atomic mass is 10.0. The van der Waals surface area contributed by atoms with Crippen molar-refractivity contribution in [3.63, 3.8) is 0 Å². The van der Waals surface area contributed by atoms with Crippen LogP contribution in [0.1, 0.15) is 25.8 Å². The molecule has 0 bridgehead atoms. The molecule has 2 aromatic rings. The number of nitriles is 1. The molecule has 1 aromatic heterocycles. The molecule has 0 fully saturated rings. The van der Waals surface area contributed by atoms with Crippen molar-refractivity contribution in [1.29, 1.82) is 5.26 Å². The van der Waals surface area contributed by atoms with Crippen molar-refractivity contribution in [2.24, 2.45) is 0 Å². The highest BCUT2D eigenvalue weighted by atomic mass is 32.2. The molecule has 1 heterocycles. The van der Waals surface area contributed by atoms with Gasteiger partial charge in [0, 0.05) is 25.1 Å². The van der Waals surface area contributed by atoms with E-state index in [2.05, 4.69) is 6.07 Å². The Labute approximate surface area is 174 Å². The monoisotopic (exact) mass is 433 g/mol. The predicted octanol–water partition coefficient (Wildman–Crippen LogP) is 1.48. The van der Waals surface area contributed by atoms with E-state index in [0.717, 1.165) is 6.26 Å². The average molecular weight is 433 g/mol. The van der Waals surface area contributed by atoms with Crippen molar-refractivity contribution in [2.75, 3.05) is 12.9 Å². The van der Waals surface area contributed by atoms with E-state index in [1.807, 2.05) is 6.92 Å². The number of nitrogens with zero attached hydrogens (tertiary/aromatic N) is 2. The van der Waals surface area contributed by atoms with Crippen LogP contribution in [0.25, 0.3) is 11.1 Å². The van der Waals surface area contributed by atoms with Gasteiger partial charge in [0.15, 0.2) is 14.6 Å². The highest BCUT2D eigenvalue weighted by Crippen LogP contribution is 2.26. The molecule has 1 atom stereocenters. The second-order valence-electron chi connectivity index (χ2n) is 6.90. The normalized spacial score (nSPS) is 13.2. The SMILES string of the molecule is CCOc1ccc(-c2ccn(CC[C@](C)(C(=O)NO)S(C)(=O)=O)c(=O)c2)cc1C#N. The molecule has 2 N–H and O–H groups in total. The van der Waals surface area contributed by atoms with E-state index in [9.17, 15) is 23.3 Å². The van der Waals surface area contributed by atoms with Crippen LogP contribution >= 0.6 is 0 Å². The van der Waals surface area contributed by atoms with E-state index in [0.29, 0.717) is 29.0 Å². The van der Waals surface area contributed by atoms with Gasteiger partial charge in [-0.2, -0.15) is 5.26 Å². The van der Waals surface area contributed by atoms with E-state index in [-0.39, 0.29) is 13.0 Å². The number of pyridine rings is 1. The minimum Gasteiger partial charge on any atom is -0.492 e. The summed E-state index contributed by atoms with van der Waals surface area (Å²) in [5.41, 5.74) is 2.55. The van der Waals surface area contributed by atoms with E-state index in [1.165, 1.54) is 29.2 Å². The summed E-state index contributed by atoms with van der Waals surface area (Å²) in [5.74, 6) is -0.604. The van der Waals surface area contributed by atoms with E-state index >= 15 is 0 Å². The van der Waals surface area contributed by atoms with Crippen molar-refractivity contribution in [3.05, 3.63) is 52.4 Å². The van der Waals surface area contributed by atoms with Crippen molar-refractivity contribution < 1.29 is 23.2 Å². The van der Waals surface area contributed by atoms with Crippen LogP contribution < -0.4 is 15.8 Å². The topological polar surface area (TPSA) is 138 Å². The Bertz CT molecular complexity index is 1150. The highest BCUT2D eigenvalue weighted by molar-refractivity contribution is 7.92. The van der Waals surface area contributed by atoms with E-state index in [4.69, 9.17) is 9.94 Å². The first-order chi connectivity index (χ1) is 14.1. The molecule has 0 spiro atoms. The first-order valence-corrected chi connectivity index (χ1v) is 11.0. The smallest absolute Gasteiger partial charge is 0.264 e. The Balaban J connectivity index is 2.31. The summed E-state index contributed by atoms with van der Waals surface area (Å²) in [6.07, 6.45) is 2.17. The molecule has 0 saturated carbocycles. The quantitative estimate of drug-likeness (QED) is 0.475. The van der Waals surface area contributed by atoms with Crippen molar-refractivity contribution >= 4 is 15.7 Å². The number of hydroxylamine groups is 1. The first kappa shape index (κ1) is 23.1. The largest absolute Gasteiger partial charge is 0.492 e. The zero-order valence-corrected chi connectivity index (χ0v) is 17.7. The van der Waals surface area contributed by atoms with Gasteiger partial charge in [-0.1, -0.05) is 6.07 Å². The molecular formula is C20H23N3O6S. The number of rotatable bonds is 8. The predicted molar refractivity (Wildman–Crippen MR) is 110 cm³/mol. The van der Waals surface area contributed by atoms with Gasteiger partial charge < -0.3 is 9.30 Å². The Morgan fingerprint density at radius 1 is 1.30 bits per heavy atom. The van der Waals surface area contributed by atoms with Crippen LogP contribution in [-0.4, -0.2) is 41.7 Å². The Morgan fingerprint density at radius 3 is 2.50 bits per heavy atom. The lowest BCUT2D eigenvalue weighted by Crippen LogP contribution is -2.49. The maximum absolute atomic E-state index is 12.5. The number of hydrogen-bond acceptors (Lipinski definition) is 7. The van der Waals surface area contributed by atoms with Gasteiger partial charge in [-0.05, 0) is 49.6 Å². The molecule has 0 aliphatic rings. The lowest BCUT2D eigenvalue weighted by molar-refractivity contribution is -0.131. The molecule has 2 rings (SSSR count). The fourth-order valence-electron chi connectivity index (χ4n) is 2.87. The molecule has 1 amide bonds. The van der Waals surface area contributed by atoms with Crippen LogP contribution in [0.4, 0.5) is 0 Å². The summed E-state index contributed by atoms with van der Waals surface area (Å²) in [6.45, 7) is 3.37. The number of carbonyl (C=O) groups is 1. The van der Waals surface area contributed by atoms with Crippen LogP contribution in [0.5, 0.6) is 5.75 Å². The maximum atomic E-state index is 12.5. The third kappa shape index (κ3) is 4.69. The summed E-state index contributed by atoms with van der Waals surface area (Å²) < 4.78 is 28.9. The Kier molecular flexibility index (Phi) is 7.02. The molecule has 0 aliphatic heterocycles. The van der Waals surface area contributed by atoms with Crippen LogP contribution in [-0.2, 0) is 21.2 Å². The minimum atomic E-state index is -3.86. The number of aryl methyl sites for hydroxylation is 1. The van der Waals surface area contributed by atoms with Gasteiger partial charge >= 0.3 is 0 Å². The van der Waals surface area contributed by atoms with Gasteiger partial charge in [0.2, 0.25) is 0 Å². The number of benzene rings is 1. The second kappa shape index (κ2) is 9.11. The zero-order valence-electron chi connectivity index (χ0n) is 16.9. The Morgan fingerprint density at radius 2 is 1.97 bits per heavy atom. The van der Waals surface area contributed by atoms with Gasteiger partial charge in [0.1, 0.15) is 11.8 Å². The number of nitrogens with one attached hydrogen (secondary N) is 1. The first-order valence-electron chi connectivity index (χ1n) is 9.09. The summed E-state index contributed by atoms with van der Waals surface area (Å²) >= 11 is 0. The molecule has 9 nitrogen and oxygen atoms in total. The molecule has 10 heteroatoms. The summed E-state index contributed by atoms with van der Waals surface area (Å²) in [6, 6.07) is 10.1. The molecule has 30 heavy (non-hydrogen) atoms. The van der Waals surface area contributed by atoms with Crippen molar-refractivity contribution in [3.8, 4) is 22.9 Å². The highest BCUT2D eigenvalue weighted by Gasteiger charge is 2.43.